The summed E-state index contributed by atoms with van der Waals surface area (Å²) in [5.74, 6) is 0. The molecule has 0 saturated heterocycles. The van der Waals surface area contributed by atoms with Gasteiger partial charge in [-0.05, 0) is 31.4 Å². The maximum Gasteiger partial charge on any atom is 0.242 e. The van der Waals surface area contributed by atoms with E-state index in [0.717, 1.165) is 6.42 Å². The van der Waals surface area contributed by atoms with Crippen LogP contribution in [0.4, 0.5) is 5.69 Å². The Morgan fingerprint density at radius 3 is 2.53 bits per heavy atom. The van der Waals surface area contributed by atoms with Gasteiger partial charge in [-0.2, -0.15) is 0 Å². The van der Waals surface area contributed by atoms with Gasteiger partial charge in [0, 0.05) is 13.2 Å². The molecule has 5 nitrogen and oxygen atoms in total. The number of halogens is 2. The standard InChI is InChI=1S/C11H16Cl2N2O3S/c12-8-4-5-9(10(13)11(8)14)19(17,18)15-6-2-1-3-7-16/h4-5,15-16H,1-3,6-7,14H2. The normalized spacial score (nSPS) is 11.7. The Kier molecular flexibility index (Phi) is 6.35. The molecular weight excluding hydrogens is 311 g/mol. The van der Waals surface area contributed by atoms with E-state index in [1.807, 2.05) is 0 Å². The zero-order valence-corrected chi connectivity index (χ0v) is 12.5. The van der Waals surface area contributed by atoms with Crippen molar-refractivity contribution in [2.45, 2.75) is 24.2 Å². The quantitative estimate of drug-likeness (QED) is 0.528. The Morgan fingerprint density at radius 2 is 1.89 bits per heavy atom. The van der Waals surface area contributed by atoms with Crippen LogP contribution in [0, 0.1) is 0 Å². The second-order valence-corrected chi connectivity index (χ2v) is 6.48. The minimum absolute atomic E-state index is 0.0477. The Morgan fingerprint density at radius 1 is 1.21 bits per heavy atom. The molecule has 0 saturated carbocycles. The lowest BCUT2D eigenvalue weighted by Crippen LogP contribution is -2.25. The SMILES string of the molecule is Nc1c(Cl)ccc(S(=O)(=O)NCCCCCO)c1Cl. The third kappa shape index (κ3) is 4.50. The van der Waals surface area contributed by atoms with Crippen LogP contribution in [-0.2, 0) is 10.0 Å². The summed E-state index contributed by atoms with van der Waals surface area (Å²) >= 11 is 11.6. The minimum atomic E-state index is -3.70. The largest absolute Gasteiger partial charge is 0.396 e. The number of hydrogen-bond acceptors (Lipinski definition) is 4. The first kappa shape index (κ1) is 16.5. The van der Waals surface area contributed by atoms with Gasteiger partial charge >= 0.3 is 0 Å². The molecule has 0 fully saturated rings. The number of rotatable bonds is 7. The molecule has 0 bridgehead atoms. The van der Waals surface area contributed by atoms with Gasteiger partial charge in [0.05, 0.1) is 15.7 Å². The van der Waals surface area contributed by atoms with E-state index >= 15 is 0 Å². The van der Waals surface area contributed by atoms with Crippen LogP contribution >= 0.6 is 23.2 Å². The number of aliphatic hydroxyl groups excluding tert-OH is 1. The molecular formula is C11H16Cl2N2O3S. The molecule has 0 heterocycles. The average Bonchev–Trinajstić information content (AvgIpc) is 2.35. The zero-order chi connectivity index (χ0) is 14.5. The lowest BCUT2D eigenvalue weighted by molar-refractivity contribution is 0.283. The van der Waals surface area contributed by atoms with Gasteiger partial charge in [0.25, 0.3) is 0 Å². The van der Waals surface area contributed by atoms with Crippen molar-refractivity contribution in [1.29, 1.82) is 0 Å². The van der Waals surface area contributed by atoms with Crippen LogP contribution in [0.5, 0.6) is 0 Å². The summed E-state index contributed by atoms with van der Waals surface area (Å²) in [5, 5.41) is 8.75. The molecule has 0 spiro atoms. The highest BCUT2D eigenvalue weighted by molar-refractivity contribution is 7.89. The van der Waals surface area contributed by atoms with Crippen molar-refractivity contribution in [2.75, 3.05) is 18.9 Å². The van der Waals surface area contributed by atoms with E-state index in [4.69, 9.17) is 34.0 Å². The summed E-state index contributed by atoms with van der Waals surface area (Å²) in [4.78, 5) is -0.0850. The first-order valence-corrected chi connectivity index (χ1v) is 7.98. The Balaban J connectivity index is 2.75. The smallest absolute Gasteiger partial charge is 0.242 e. The molecule has 1 rings (SSSR count). The Hall–Kier alpha value is -0.530. The van der Waals surface area contributed by atoms with Gasteiger partial charge in [-0.15, -0.1) is 0 Å². The van der Waals surface area contributed by atoms with Crippen LogP contribution in [-0.4, -0.2) is 26.7 Å². The summed E-state index contributed by atoms with van der Waals surface area (Å²) in [6, 6.07) is 2.71. The lowest BCUT2D eigenvalue weighted by Gasteiger charge is -2.10. The average molecular weight is 327 g/mol. The van der Waals surface area contributed by atoms with Crippen LogP contribution in [0.3, 0.4) is 0 Å². The molecule has 0 radical (unpaired) electrons. The molecule has 19 heavy (non-hydrogen) atoms. The molecule has 0 aliphatic rings. The Labute approximate surface area is 122 Å². The molecule has 8 heteroatoms. The highest BCUT2D eigenvalue weighted by Gasteiger charge is 2.20. The zero-order valence-electron chi connectivity index (χ0n) is 10.2. The third-order valence-electron chi connectivity index (χ3n) is 2.51. The second-order valence-electron chi connectivity index (χ2n) is 3.96. The van der Waals surface area contributed by atoms with Crippen LogP contribution in [0.2, 0.25) is 10.0 Å². The van der Waals surface area contributed by atoms with Gasteiger partial charge in [-0.3, -0.25) is 0 Å². The van der Waals surface area contributed by atoms with E-state index in [9.17, 15) is 8.42 Å². The molecule has 108 valence electrons. The fourth-order valence-corrected chi connectivity index (χ4v) is 3.29. The number of sulfonamides is 1. The monoisotopic (exact) mass is 326 g/mol. The van der Waals surface area contributed by atoms with Crippen molar-refractivity contribution in [3.05, 3.63) is 22.2 Å². The van der Waals surface area contributed by atoms with E-state index in [0.29, 0.717) is 12.8 Å². The van der Waals surface area contributed by atoms with Gasteiger partial charge in [-0.1, -0.05) is 23.2 Å². The molecule has 0 aromatic heterocycles. The third-order valence-corrected chi connectivity index (χ3v) is 4.86. The maximum atomic E-state index is 12.0. The van der Waals surface area contributed by atoms with Gasteiger partial charge < -0.3 is 10.8 Å². The van der Waals surface area contributed by atoms with Crippen LogP contribution in [0.15, 0.2) is 17.0 Å². The predicted octanol–water partition coefficient (Wildman–Crippen LogP) is 2.02. The van der Waals surface area contributed by atoms with E-state index in [2.05, 4.69) is 4.72 Å². The highest BCUT2D eigenvalue weighted by atomic mass is 35.5. The Bertz CT molecular complexity index is 535. The van der Waals surface area contributed by atoms with E-state index in [-0.39, 0.29) is 33.8 Å². The number of benzene rings is 1. The van der Waals surface area contributed by atoms with Crippen LogP contribution in [0.25, 0.3) is 0 Å². The second kappa shape index (κ2) is 7.31. The number of aliphatic hydroxyl groups is 1. The van der Waals surface area contributed by atoms with Crippen molar-refractivity contribution in [1.82, 2.24) is 4.72 Å². The molecule has 1 aromatic rings. The fourth-order valence-electron chi connectivity index (χ4n) is 1.45. The predicted molar refractivity (Wildman–Crippen MR) is 77.0 cm³/mol. The summed E-state index contributed by atoms with van der Waals surface area (Å²) in [6.45, 7) is 0.382. The molecule has 4 N–H and O–H groups in total. The summed E-state index contributed by atoms with van der Waals surface area (Å²) in [6.07, 6.45) is 2.03. The maximum absolute atomic E-state index is 12.0. The number of unbranched alkanes of at least 4 members (excludes halogenated alkanes) is 2. The highest BCUT2D eigenvalue weighted by Crippen LogP contribution is 2.32. The molecule has 0 unspecified atom stereocenters. The minimum Gasteiger partial charge on any atom is -0.396 e. The summed E-state index contributed by atoms with van der Waals surface area (Å²) in [7, 11) is -3.70. The van der Waals surface area contributed by atoms with Gasteiger partial charge in [0.2, 0.25) is 10.0 Å². The van der Waals surface area contributed by atoms with E-state index in [1.165, 1.54) is 12.1 Å². The first-order chi connectivity index (χ1) is 8.90. The van der Waals surface area contributed by atoms with E-state index < -0.39 is 10.0 Å². The van der Waals surface area contributed by atoms with Crippen LogP contribution < -0.4 is 10.5 Å². The number of nitrogen functional groups attached to an aromatic ring is 1. The number of nitrogens with two attached hydrogens (primary N) is 1. The molecule has 0 aliphatic heterocycles. The van der Waals surface area contributed by atoms with Gasteiger partial charge in [-0.25, -0.2) is 13.1 Å². The number of nitrogens with one attached hydrogen (secondary N) is 1. The summed E-state index contributed by atoms with van der Waals surface area (Å²) < 4.78 is 26.4. The summed E-state index contributed by atoms with van der Waals surface area (Å²) in [5.41, 5.74) is 5.64. The topological polar surface area (TPSA) is 92.4 Å². The van der Waals surface area contributed by atoms with Crippen molar-refractivity contribution in [3.8, 4) is 0 Å². The molecule has 0 amide bonds. The molecule has 0 atom stereocenters. The van der Waals surface area contributed by atoms with Crippen molar-refractivity contribution >= 4 is 38.9 Å². The first-order valence-electron chi connectivity index (χ1n) is 5.74. The van der Waals surface area contributed by atoms with Crippen molar-refractivity contribution < 1.29 is 13.5 Å². The van der Waals surface area contributed by atoms with Crippen LogP contribution in [0.1, 0.15) is 19.3 Å². The number of anilines is 1. The molecule has 1 aromatic carbocycles. The van der Waals surface area contributed by atoms with Crippen molar-refractivity contribution in [3.63, 3.8) is 0 Å². The lowest BCUT2D eigenvalue weighted by atomic mass is 10.2. The van der Waals surface area contributed by atoms with Crippen molar-refractivity contribution in [2.24, 2.45) is 0 Å². The van der Waals surface area contributed by atoms with E-state index in [1.54, 1.807) is 0 Å². The van der Waals surface area contributed by atoms with Gasteiger partial charge in [0.15, 0.2) is 0 Å². The number of hydrogen-bond donors (Lipinski definition) is 3. The molecule has 0 aliphatic carbocycles. The fraction of sp³-hybridized carbons (Fsp3) is 0.455. The van der Waals surface area contributed by atoms with Gasteiger partial charge in [0.1, 0.15) is 4.90 Å².